The number of rotatable bonds is 8. The van der Waals surface area contributed by atoms with Crippen molar-refractivity contribution in [3.63, 3.8) is 0 Å². The Kier molecular flexibility index (Phi) is 7.38. The van der Waals surface area contributed by atoms with E-state index >= 15 is 0 Å². The Morgan fingerprint density at radius 3 is 2.16 bits per heavy atom. The first kappa shape index (κ1) is 17.0. The molecule has 2 nitrogen and oxygen atoms in total. The molecule has 1 fully saturated rings. The molecule has 2 heteroatoms. The minimum atomic E-state index is 0.561. The topological polar surface area (TPSA) is 15.3 Å². The van der Waals surface area contributed by atoms with E-state index in [9.17, 15) is 0 Å². The van der Waals surface area contributed by atoms with Crippen molar-refractivity contribution in [1.82, 2.24) is 10.2 Å². The van der Waals surface area contributed by atoms with Crippen LogP contribution in [0.5, 0.6) is 0 Å². The second kappa shape index (κ2) is 8.26. The number of nitrogens with zero attached hydrogens (tertiary/aromatic N) is 1. The van der Waals surface area contributed by atoms with Gasteiger partial charge in [0.2, 0.25) is 0 Å². The first-order chi connectivity index (χ1) is 9.04. The highest BCUT2D eigenvalue weighted by molar-refractivity contribution is 4.88. The molecule has 2 atom stereocenters. The number of nitrogens with one attached hydrogen (secondary N) is 1. The Morgan fingerprint density at radius 1 is 1.05 bits per heavy atom. The largest absolute Gasteiger partial charge is 0.312 e. The highest BCUT2D eigenvalue weighted by Gasteiger charge is 2.31. The van der Waals surface area contributed by atoms with Crippen molar-refractivity contribution in [2.45, 2.75) is 85.2 Å². The lowest BCUT2D eigenvalue weighted by Crippen LogP contribution is -2.53. The summed E-state index contributed by atoms with van der Waals surface area (Å²) in [6, 6.07) is 1.43. The zero-order chi connectivity index (χ0) is 14.3. The van der Waals surface area contributed by atoms with Gasteiger partial charge in [-0.1, -0.05) is 41.0 Å². The molecule has 0 aromatic rings. The molecular weight excluding hydrogens is 232 g/mol. The summed E-state index contributed by atoms with van der Waals surface area (Å²) >= 11 is 0. The van der Waals surface area contributed by atoms with Gasteiger partial charge in [0.05, 0.1) is 0 Å². The van der Waals surface area contributed by atoms with Crippen LogP contribution >= 0.6 is 0 Å². The summed E-state index contributed by atoms with van der Waals surface area (Å²) in [7, 11) is 0. The van der Waals surface area contributed by atoms with E-state index in [1.165, 1.54) is 58.2 Å². The van der Waals surface area contributed by atoms with Crippen LogP contribution in [0, 0.1) is 5.41 Å². The summed E-state index contributed by atoms with van der Waals surface area (Å²) in [5, 5.41) is 3.80. The van der Waals surface area contributed by atoms with Gasteiger partial charge in [0.15, 0.2) is 0 Å². The molecule has 0 bridgehead atoms. The molecule has 0 aromatic carbocycles. The van der Waals surface area contributed by atoms with Crippen LogP contribution in [0.2, 0.25) is 0 Å². The molecule has 1 heterocycles. The van der Waals surface area contributed by atoms with E-state index in [-0.39, 0.29) is 0 Å². The van der Waals surface area contributed by atoms with Gasteiger partial charge in [-0.15, -0.1) is 0 Å². The minimum Gasteiger partial charge on any atom is -0.312 e. The average molecular weight is 268 g/mol. The van der Waals surface area contributed by atoms with Gasteiger partial charge in [0, 0.05) is 12.1 Å². The van der Waals surface area contributed by atoms with Gasteiger partial charge >= 0.3 is 0 Å². The van der Waals surface area contributed by atoms with Crippen LogP contribution in [0.25, 0.3) is 0 Å². The highest BCUT2D eigenvalue weighted by atomic mass is 15.2. The van der Waals surface area contributed by atoms with E-state index in [0.717, 1.165) is 6.04 Å². The van der Waals surface area contributed by atoms with Gasteiger partial charge in [-0.3, -0.25) is 4.90 Å². The maximum absolute atomic E-state index is 3.80. The molecule has 0 saturated carbocycles. The molecule has 2 unspecified atom stereocenters. The van der Waals surface area contributed by atoms with Crippen LogP contribution in [0.1, 0.15) is 73.1 Å². The Labute approximate surface area is 121 Å². The van der Waals surface area contributed by atoms with E-state index in [4.69, 9.17) is 0 Å². The van der Waals surface area contributed by atoms with Crippen LogP contribution < -0.4 is 5.32 Å². The third-order valence-electron chi connectivity index (χ3n) is 4.76. The van der Waals surface area contributed by atoms with Crippen LogP contribution in [-0.4, -0.2) is 36.6 Å². The number of hydrogen-bond donors (Lipinski definition) is 1. The number of piperidine rings is 1. The zero-order valence-electron chi connectivity index (χ0n) is 14.0. The van der Waals surface area contributed by atoms with Crippen molar-refractivity contribution in [1.29, 1.82) is 0 Å². The summed E-state index contributed by atoms with van der Waals surface area (Å²) in [5.41, 5.74) is 0.561. The molecule has 1 aliphatic rings. The van der Waals surface area contributed by atoms with E-state index < -0.39 is 0 Å². The molecule has 0 aliphatic carbocycles. The Bertz CT molecular complexity index is 227. The van der Waals surface area contributed by atoms with Crippen molar-refractivity contribution in [3.05, 3.63) is 0 Å². The number of hydrogen-bond acceptors (Lipinski definition) is 2. The van der Waals surface area contributed by atoms with Crippen LogP contribution in [0.4, 0.5) is 0 Å². The van der Waals surface area contributed by atoms with Crippen molar-refractivity contribution < 1.29 is 0 Å². The lowest BCUT2D eigenvalue weighted by Gasteiger charge is -2.43. The fraction of sp³-hybridized carbons (Fsp3) is 1.00. The van der Waals surface area contributed by atoms with E-state index in [0.29, 0.717) is 11.5 Å². The van der Waals surface area contributed by atoms with Crippen molar-refractivity contribution in [2.24, 2.45) is 5.41 Å². The highest BCUT2D eigenvalue weighted by Crippen LogP contribution is 2.31. The predicted octanol–water partition coefficient (Wildman–Crippen LogP) is 4.06. The molecule has 0 radical (unpaired) electrons. The van der Waals surface area contributed by atoms with Crippen molar-refractivity contribution >= 4 is 0 Å². The molecule has 0 amide bonds. The fourth-order valence-corrected chi connectivity index (χ4v) is 3.33. The summed E-state index contributed by atoms with van der Waals surface area (Å²) in [6.45, 7) is 15.5. The van der Waals surface area contributed by atoms with Crippen LogP contribution in [0.3, 0.4) is 0 Å². The fourth-order valence-electron chi connectivity index (χ4n) is 3.33. The summed E-state index contributed by atoms with van der Waals surface area (Å²) in [6.07, 6.45) is 7.84. The van der Waals surface area contributed by atoms with Crippen LogP contribution in [-0.2, 0) is 0 Å². The third-order valence-corrected chi connectivity index (χ3v) is 4.76. The predicted molar refractivity (Wildman–Crippen MR) is 85.7 cm³/mol. The monoisotopic (exact) mass is 268 g/mol. The number of likely N-dealkylation sites (tertiary alicyclic amines) is 1. The second-order valence-corrected chi connectivity index (χ2v) is 7.03. The normalized spacial score (nSPS) is 23.2. The minimum absolute atomic E-state index is 0.561. The van der Waals surface area contributed by atoms with Gasteiger partial charge < -0.3 is 5.32 Å². The second-order valence-electron chi connectivity index (χ2n) is 7.03. The Balaban J connectivity index is 2.58. The van der Waals surface area contributed by atoms with Gasteiger partial charge in [0.1, 0.15) is 0 Å². The first-order valence-electron chi connectivity index (χ1n) is 8.51. The molecule has 0 aromatic heterocycles. The smallest absolute Gasteiger partial charge is 0.0246 e. The molecule has 0 spiro atoms. The SMILES string of the molecule is CCCNC(CCC)C(CC)N1CCC(C)(C)CC1. The van der Waals surface area contributed by atoms with E-state index in [2.05, 4.69) is 44.8 Å². The molecule has 19 heavy (non-hydrogen) atoms. The maximum Gasteiger partial charge on any atom is 0.0246 e. The van der Waals surface area contributed by atoms with Gasteiger partial charge in [-0.2, -0.15) is 0 Å². The Hall–Kier alpha value is -0.0800. The average Bonchev–Trinajstić information content (AvgIpc) is 2.38. The van der Waals surface area contributed by atoms with E-state index in [1.807, 2.05) is 0 Å². The van der Waals surface area contributed by atoms with E-state index in [1.54, 1.807) is 0 Å². The van der Waals surface area contributed by atoms with Gasteiger partial charge in [-0.05, 0) is 57.2 Å². The van der Waals surface area contributed by atoms with Crippen molar-refractivity contribution in [2.75, 3.05) is 19.6 Å². The van der Waals surface area contributed by atoms with Crippen molar-refractivity contribution in [3.8, 4) is 0 Å². The Morgan fingerprint density at radius 2 is 1.68 bits per heavy atom. The lowest BCUT2D eigenvalue weighted by molar-refractivity contribution is 0.0712. The quantitative estimate of drug-likeness (QED) is 0.714. The molecule has 1 aliphatic heterocycles. The first-order valence-corrected chi connectivity index (χ1v) is 8.51. The molecule has 114 valence electrons. The standard InChI is InChI=1S/C17H36N2/c1-6-9-15(18-12-7-2)16(8-3)19-13-10-17(4,5)11-14-19/h15-16,18H,6-14H2,1-5H3. The lowest BCUT2D eigenvalue weighted by atomic mass is 9.81. The van der Waals surface area contributed by atoms with Crippen LogP contribution in [0.15, 0.2) is 0 Å². The molecule has 1 rings (SSSR count). The third kappa shape index (κ3) is 5.43. The maximum atomic E-state index is 3.80. The molecule has 1 saturated heterocycles. The molecular formula is C17H36N2. The van der Waals surface area contributed by atoms with Gasteiger partial charge in [-0.25, -0.2) is 0 Å². The summed E-state index contributed by atoms with van der Waals surface area (Å²) in [4.78, 5) is 2.76. The summed E-state index contributed by atoms with van der Waals surface area (Å²) < 4.78 is 0. The summed E-state index contributed by atoms with van der Waals surface area (Å²) in [5.74, 6) is 0. The molecule has 1 N–H and O–H groups in total. The zero-order valence-corrected chi connectivity index (χ0v) is 14.0. The van der Waals surface area contributed by atoms with Gasteiger partial charge in [0.25, 0.3) is 0 Å².